The molecule has 5 rings (SSSR count). The summed E-state index contributed by atoms with van der Waals surface area (Å²) in [4.78, 5) is 36.2. The van der Waals surface area contributed by atoms with E-state index in [4.69, 9.17) is 27.8 Å². The second-order valence-electron chi connectivity index (χ2n) is 8.03. The summed E-state index contributed by atoms with van der Waals surface area (Å²) in [6.45, 7) is 0.235. The normalized spacial score (nSPS) is 10.8. The zero-order valence-electron chi connectivity index (χ0n) is 20.1. The predicted molar refractivity (Wildman–Crippen MR) is 138 cm³/mol. The van der Waals surface area contributed by atoms with Crippen LogP contribution >= 0.6 is 0 Å². The molecule has 0 aliphatic carbocycles. The van der Waals surface area contributed by atoms with Crippen LogP contribution in [0.1, 0.15) is 10.4 Å². The summed E-state index contributed by atoms with van der Waals surface area (Å²) in [7, 11) is 0. The number of fused-ring (bicyclic) bond motifs is 2. The second kappa shape index (κ2) is 11.3. The molecular weight excluding hydrogens is 492 g/mol. The molecule has 2 aromatic heterocycles. The molecule has 9 heteroatoms. The molecule has 0 bridgehead atoms. The van der Waals surface area contributed by atoms with E-state index in [1.807, 2.05) is 6.07 Å². The number of hydrogen-bond acceptors (Lipinski definition) is 9. The lowest BCUT2D eigenvalue weighted by Crippen LogP contribution is -2.15. The molecule has 9 nitrogen and oxygen atoms in total. The Balaban J connectivity index is 1.15. The van der Waals surface area contributed by atoms with Gasteiger partial charge in [-0.25, -0.2) is 14.4 Å². The lowest BCUT2D eigenvalue weighted by Gasteiger charge is -2.13. The van der Waals surface area contributed by atoms with Gasteiger partial charge in [-0.15, -0.1) is 0 Å². The molecule has 192 valence electrons. The lowest BCUT2D eigenvalue weighted by molar-refractivity contribution is 0.0445. The van der Waals surface area contributed by atoms with E-state index in [-0.39, 0.29) is 32.0 Å². The van der Waals surface area contributed by atoms with Gasteiger partial charge in [0.25, 0.3) is 0 Å². The third-order valence-electron chi connectivity index (χ3n) is 5.50. The first kappa shape index (κ1) is 24.6. The van der Waals surface area contributed by atoms with Crippen LogP contribution in [0, 0.1) is 0 Å². The Morgan fingerprint density at radius 2 is 1.05 bits per heavy atom. The SMILES string of the molecule is O=C(OCCOc1cc(=O)oc2ccccc12)c1ccccc1OCCOc1cc(=O)oc2ccccc12. The van der Waals surface area contributed by atoms with Crippen molar-refractivity contribution in [1.29, 1.82) is 0 Å². The van der Waals surface area contributed by atoms with Crippen LogP contribution in [0.2, 0.25) is 0 Å². The van der Waals surface area contributed by atoms with Crippen LogP contribution in [0.4, 0.5) is 0 Å². The van der Waals surface area contributed by atoms with Crippen LogP contribution in [0.25, 0.3) is 21.9 Å². The summed E-state index contributed by atoms with van der Waals surface area (Å²) in [5, 5.41) is 1.31. The average molecular weight is 514 g/mol. The average Bonchev–Trinajstić information content (AvgIpc) is 2.93. The van der Waals surface area contributed by atoms with Crippen LogP contribution < -0.4 is 25.5 Å². The van der Waals surface area contributed by atoms with Gasteiger partial charge in [-0.1, -0.05) is 36.4 Å². The Hall–Kier alpha value is -5.05. The number of esters is 1. The van der Waals surface area contributed by atoms with Crippen molar-refractivity contribution in [3.8, 4) is 17.2 Å². The highest BCUT2D eigenvalue weighted by Crippen LogP contribution is 2.25. The van der Waals surface area contributed by atoms with Crippen molar-refractivity contribution in [2.24, 2.45) is 0 Å². The fraction of sp³-hybridized carbons (Fsp3) is 0.138. The minimum Gasteiger partial charge on any atom is -0.489 e. The zero-order chi connectivity index (χ0) is 26.3. The van der Waals surface area contributed by atoms with E-state index in [0.29, 0.717) is 39.2 Å². The minimum absolute atomic E-state index is 0.0368. The van der Waals surface area contributed by atoms with E-state index < -0.39 is 17.2 Å². The molecule has 5 aromatic rings. The second-order valence-corrected chi connectivity index (χ2v) is 8.03. The summed E-state index contributed by atoms with van der Waals surface area (Å²) in [6, 6.07) is 23.3. The predicted octanol–water partition coefficient (Wildman–Crippen LogP) is 4.59. The maximum atomic E-state index is 12.7. The van der Waals surface area contributed by atoms with Crippen molar-refractivity contribution in [1.82, 2.24) is 0 Å². The first-order valence-electron chi connectivity index (χ1n) is 11.8. The molecule has 3 aromatic carbocycles. The van der Waals surface area contributed by atoms with Crippen LogP contribution in [0.15, 0.2) is 103 Å². The molecule has 0 saturated heterocycles. The third-order valence-corrected chi connectivity index (χ3v) is 5.50. The van der Waals surface area contributed by atoms with Gasteiger partial charge >= 0.3 is 17.2 Å². The van der Waals surface area contributed by atoms with E-state index in [0.717, 1.165) is 0 Å². The highest BCUT2D eigenvalue weighted by molar-refractivity contribution is 5.92. The molecule has 0 N–H and O–H groups in total. The van der Waals surface area contributed by atoms with Crippen LogP contribution in [0.3, 0.4) is 0 Å². The van der Waals surface area contributed by atoms with Gasteiger partial charge in [0, 0.05) is 0 Å². The topological polar surface area (TPSA) is 114 Å². The summed E-state index contributed by atoms with van der Waals surface area (Å²) in [5.41, 5.74) is 0.0299. The molecule has 0 radical (unpaired) electrons. The largest absolute Gasteiger partial charge is 0.489 e. The molecule has 0 aliphatic heterocycles. The summed E-state index contributed by atoms with van der Waals surface area (Å²) in [5.74, 6) is 0.470. The monoisotopic (exact) mass is 514 g/mol. The van der Waals surface area contributed by atoms with E-state index in [1.54, 1.807) is 66.7 Å². The van der Waals surface area contributed by atoms with Crippen molar-refractivity contribution < 1.29 is 32.6 Å². The van der Waals surface area contributed by atoms with Crippen molar-refractivity contribution in [2.75, 3.05) is 26.4 Å². The van der Waals surface area contributed by atoms with Gasteiger partial charge < -0.3 is 27.8 Å². The van der Waals surface area contributed by atoms with E-state index in [1.165, 1.54) is 12.1 Å². The van der Waals surface area contributed by atoms with Gasteiger partial charge in [-0.3, -0.25) is 0 Å². The summed E-state index contributed by atoms with van der Waals surface area (Å²) >= 11 is 0. The van der Waals surface area contributed by atoms with Gasteiger partial charge in [0.2, 0.25) is 0 Å². The first-order valence-corrected chi connectivity index (χ1v) is 11.8. The van der Waals surface area contributed by atoms with Gasteiger partial charge in [0.15, 0.2) is 0 Å². The van der Waals surface area contributed by atoms with Gasteiger partial charge in [-0.05, 0) is 36.4 Å². The van der Waals surface area contributed by atoms with E-state index in [9.17, 15) is 14.4 Å². The molecular formula is C29H22O9. The summed E-state index contributed by atoms with van der Waals surface area (Å²) < 4.78 is 32.8. The Morgan fingerprint density at radius 1 is 0.579 bits per heavy atom. The zero-order valence-corrected chi connectivity index (χ0v) is 20.1. The molecule has 38 heavy (non-hydrogen) atoms. The van der Waals surface area contributed by atoms with Crippen LogP contribution in [0.5, 0.6) is 17.2 Å². The van der Waals surface area contributed by atoms with Crippen LogP contribution in [-0.2, 0) is 4.74 Å². The van der Waals surface area contributed by atoms with Crippen molar-refractivity contribution in [3.63, 3.8) is 0 Å². The molecule has 0 atom stereocenters. The number of ether oxygens (including phenoxy) is 4. The van der Waals surface area contributed by atoms with E-state index in [2.05, 4.69) is 0 Å². The number of para-hydroxylation sites is 3. The van der Waals surface area contributed by atoms with Crippen molar-refractivity contribution in [2.45, 2.75) is 0 Å². The van der Waals surface area contributed by atoms with Gasteiger partial charge in [-0.2, -0.15) is 0 Å². The van der Waals surface area contributed by atoms with Crippen molar-refractivity contribution in [3.05, 3.63) is 111 Å². The molecule has 0 spiro atoms. The maximum absolute atomic E-state index is 12.7. The maximum Gasteiger partial charge on any atom is 0.342 e. The fourth-order valence-corrected chi connectivity index (χ4v) is 3.83. The highest BCUT2D eigenvalue weighted by atomic mass is 16.6. The van der Waals surface area contributed by atoms with Crippen LogP contribution in [-0.4, -0.2) is 32.4 Å². The van der Waals surface area contributed by atoms with Gasteiger partial charge in [0.1, 0.15) is 60.4 Å². The Kier molecular flexibility index (Phi) is 7.35. The number of carbonyl (C=O) groups excluding carboxylic acids is 1. The first-order chi connectivity index (χ1) is 18.6. The minimum atomic E-state index is -0.589. The molecule has 2 heterocycles. The fourth-order valence-electron chi connectivity index (χ4n) is 3.83. The molecule has 0 amide bonds. The molecule has 0 unspecified atom stereocenters. The smallest absolute Gasteiger partial charge is 0.342 e. The quantitative estimate of drug-likeness (QED) is 0.150. The Labute approximate surface area is 215 Å². The molecule has 0 saturated carbocycles. The lowest BCUT2D eigenvalue weighted by atomic mass is 10.2. The number of carbonyl (C=O) groups is 1. The standard InChI is InChI=1S/C29H22O9/c30-27-17-25(19-7-1-5-11-23(19)37-27)34-14-13-33-22-10-4-3-9-21(22)29(32)36-16-15-35-26-18-28(31)38-24-12-6-2-8-20(24)26/h1-12,17-18H,13-16H2. The molecule has 0 aliphatic rings. The Morgan fingerprint density at radius 3 is 1.66 bits per heavy atom. The van der Waals surface area contributed by atoms with Gasteiger partial charge in [0.05, 0.1) is 22.9 Å². The highest BCUT2D eigenvalue weighted by Gasteiger charge is 2.14. The third kappa shape index (κ3) is 5.67. The summed E-state index contributed by atoms with van der Waals surface area (Å²) in [6.07, 6.45) is 0. The number of benzene rings is 3. The molecule has 0 fully saturated rings. The number of hydrogen-bond donors (Lipinski definition) is 0. The van der Waals surface area contributed by atoms with E-state index >= 15 is 0 Å². The van der Waals surface area contributed by atoms with Crippen molar-refractivity contribution >= 4 is 27.9 Å². The Bertz CT molecular complexity index is 1700. The number of rotatable bonds is 10.